The summed E-state index contributed by atoms with van der Waals surface area (Å²) in [5.41, 5.74) is -2.99. The zero-order valence-electron chi connectivity index (χ0n) is 14.3. The molecule has 4 nitrogen and oxygen atoms in total. The largest absolute Gasteiger partial charge is 0.496 e. The Morgan fingerprint density at radius 1 is 1.16 bits per heavy atom. The third-order valence-corrected chi connectivity index (χ3v) is 4.01. The molecule has 135 valence electrons. The molecule has 0 bridgehead atoms. The van der Waals surface area contributed by atoms with Gasteiger partial charge in [0, 0.05) is 23.5 Å². The van der Waals surface area contributed by atoms with Gasteiger partial charge in [-0.1, -0.05) is 13.8 Å². The van der Waals surface area contributed by atoms with Gasteiger partial charge in [-0.3, -0.25) is 0 Å². The SMILES string of the molecule is [CH2]C(O)(CC(C)(C)c1cc(-c2ncccn2)ccc1OC)C(F)(F)F. The van der Waals surface area contributed by atoms with Gasteiger partial charge in [0.2, 0.25) is 0 Å². The topological polar surface area (TPSA) is 55.2 Å². The Morgan fingerprint density at radius 2 is 1.76 bits per heavy atom. The Labute approximate surface area is 144 Å². The second kappa shape index (κ2) is 6.63. The smallest absolute Gasteiger partial charge is 0.417 e. The number of hydrogen-bond donors (Lipinski definition) is 1. The van der Waals surface area contributed by atoms with Gasteiger partial charge in [0.15, 0.2) is 11.4 Å². The lowest BCUT2D eigenvalue weighted by Gasteiger charge is -2.36. The van der Waals surface area contributed by atoms with Crippen molar-refractivity contribution in [2.45, 2.75) is 37.5 Å². The van der Waals surface area contributed by atoms with Crippen molar-refractivity contribution in [1.29, 1.82) is 0 Å². The van der Waals surface area contributed by atoms with Crippen molar-refractivity contribution in [2.24, 2.45) is 0 Å². The van der Waals surface area contributed by atoms with E-state index in [-0.39, 0.29) is 0 Å². The molecule has 2 aromatic rings. The Morgan fingerprint density at radius 3 is 2.28 bits per heavy atom. The molecule has 2 rings (SSSR count). The molecule has 1 N–H and O–H groups in total. The molecular weight excluding hydrogens is 333 g/mol. The lowest BCUT2D eigenvalue weighted by molar-refractivity contribution is -0.247. The van der Waals surface area contributed by atoms with Crippen molar-refractivity contribution in [1.82, 2.24) is 9.97 Å². The Bertz CT molecular complexity index is 729. The first-order valence-electron chi connectivity index (χ1n) is 7.58. The molecule has 0 amide bonds. The molecule has 0 aliphatic heterocycles. The van der Waals surface area contributed by atoms with E-state index in [0.29, 0.717) is 22.7 Å². The predicted molar refractivity (Wildman–Crippen MR) is 88.0 cm³/mol. The maximum atomic E-state index is 13.0. The van der Waals surface area contributed by atoms with Crippen LogP contribution in [0.5, 0.6) is 5.75 Å². The van der Waals surface area contributed by atoms with Gasteiger partial charge in [0.25, 0.3) is 0 Å². The lowest BCUT2D eigenvalue weighted by atomic mass is 9.74. The summed E-state index contributed by atoms with van der Waals surface area (Å²) in [6.45, 7) is 6.15. The van der Waals surface area contributed by atoms with Gasteiger partial charge in [-0.25, -0.2) is 9.97 Å². The molecule has 0 fully saturated rings. The van der Waals surface area contributed by atoms with Crippen LogP contribution < -0.4 is 4.74 Å². The van der Waals surface area contributed by atoms with E-state index in [1.54, 1.807) is 50.5 Å². The molecule has 1 radical (unpaired) electrons. The quantitative estimate of drug-likeness (QED) is 0.884. The van der Waals surface area contributed by atoms with E-state index in [2.05, 4.69) is 16.9 Å². The van der Waals surface area contributed by atoms with Crippen LogP contribution in [0.2, 0.25) is 0 Å². The predicted octanol–water partition coefficient (Wildman–Crippen LogP) is 3.95. The van der Waals surface area contributed by atoms with Gasteiger partial charge in [-0.2, -0.15) is 13.2 Å². The molecule has 1 heterocycles. The number of ether oxygens (including phenoxy) is 1. The molecule has 1 aromatic carbocycles. The zero-order valence-corrected chi connectivity index (χ0v) is 14.3. The minimum atomic E-state index is -4.84. The second-order valence-corrected chi connectivity index (χ2v) is 6.58. The molecule has 25 heavy (non-hydrogen) atoms. The third kappa shape index (κ3) is 4.10. The number of nitrogens with zero attached hydrogens (tertiary/aromatic N) is 2. The molecule has 0 spiro atoms. The van der Waals surface area contributed by atoms with E-state index < -0.39 is 23.6 Å². The highest BCUT2D eigenvalue weighted by atomic mass is 19.4. The van der Waals surface area contributed by atoms with Crippen LogP contribution in [-0.4, -0.2) is 34.0 Å². The van der Waals surface area contributed by atoms with Crippen LogP contribution in [0.1, 0.15) is 25.8 Å². The van der Waals surface area contributed by atoms with Crippen LogP contribution in [0.25, 0.3) is 11.4 Å². The summed E-state index contributed by atoms with van der Waals surface area (Å²) in [5, 5.41) is 9.80. The van der Waals surface area contributed by atoms with Crippen LogP contribution in [0.15, 0.2) is 36.7 Å². The Hall–Kier alpha value is -2.15. The number of alkyl halides is 3. The molecule has 7 heteroatoms. The summed E-state index contributed by atoms with van der Waals surface area (Å²) in [7, 11) is 1.44. The Kier molecular flexibility index (Phi) is 5.09. The fourth-order valence-electron chi connectivity index (χ4n) is 2.75. The van der Waals surface area contributed by atoms with Gasteiger partial charge < -0.3 is 9.84 Å². The summed E-state index contributed by atoms with van der Waals surface area (Å²) in [4.78, 5) is 8.30. The van der Waals surface area contributed by atoms with E-state index in [1.807, 2.05) is 0 Å². The van der Waals surface area contributed by atoms with Gasteiger partial charge in [0.1, 0.15) is 5.75 Å². The minimum Gasteiger partial charge on any atom is -0.496 e. The number of benzene rings is 1. The van der Waals surface area contributed by atoms with E-state index >= 15 is 0 Å². The van der Waals surface area contributed by atoms with Gasteiger partial charge >= 0.3 is 6.18 Å². The van der Waals surface area contributed by atoms with Crippen molar-refractivity contribution < 1.29 is 23.0 Å². The average molecular weight is 353 g/mol. The normalized spacial score (nSPS) is 14.9. The Balaban J connectivity index is 2.48. The standard InChI is InChI=1S/C18H20F3N2O2/c1-16(2,11-17(3,24)18(19,20)21)13-10-12(6-7-14(13)25-4)15-22-8-5-9-23-15/h5-10,24H,3,11H2,1-2,4H3. The van der Waals surface area contributed by atoms with Crippen LogP contribution >= 0.6 is 0 Å². The van der Waals surface area contributed by atoms with Crippen molar-refractivity contribution in [3.63, 3.8) is 0 Å². The number of hydrogen-bond acceptors (Lipinski definition) is 4. The first-order valence-corrected chi connectivity index (χ1v) is 7.58. The van der Waals surface area contributed by atoms with E-state index in [4.69, 9.17) is 4.74 Å². The monoisotopic (exact) mass is 353 g/mol. The van der Waals surface area contributed by atoms with Gasteiger partial charge in [-0.05, 0) is 43.0 Å². The number of methoxy groups -OCH3 is 1. The highest BCUT2D eigenvalue weighted by molar-refractivity contribution is 5.60. The number of aliphatic hydroxyl groups is 1. The highest BCUT2D eigenvalue weighted by Crippen LogP contribution is 2.43. The van der Waals surface area contributed by atoms with Gasteiger partial charge in [-0.15, -0.1) is 0 Å². The second-order valence-electron chi connectivity index (χ2n) is 6.58. The molecule has 1 aromatic heterocycles. The van der Waals surface area contributed by atoms with Crippen molar-refractivity contribution in [2.75, 3.05) is 7.11 Å². The van der Waals surface area contributed by atoms with Gasteiger partial charge in [0.05, 0.1) is 7.11 Å². The minimum absolute atomic E-state index is 0.419. The van der Waals surface area contributed by atoms with Crippen molar-refractivity contribution >= 4 is 0 Å². The van der Waals surface area contributed by atoms with Crippen LogP contribution in [-0.2, 0) is 5.41 Å². The number of halogens is 3. The molecule has 0 saturated carbocycles. The van der Waals surface area contributed by atoms with Crippen LogP contribution in [0, 0.1) is 6.92 Å². The van der Waals surface area contributed by atoms with Crippen LogP contribution in [0.3, 0.4) is 0 Å². The molecule has 0 aliphatic rings. The summed E-state index contributed by atoms with van der Waals surface area (Å²) in [6.07, 6.45) is -2.30. The van der Waals surface area contributed by atoms with Crippen molar-refractivity contribution in [3.8, 4) is 17.1 Å². The van der Waals surface area contributed by atoms with E-state index in [0.717, 1.165) is 0 Å². The molecule has 0 saturated heterocycles. The highest BCUT2D eigenvalue weighted by Gasteiger charge is 2.52. The fraction of sp³-hybridized carbons (Fsp3) is 0.389. The van der Waals surface area contributed by atoms with Crippen molar-refractivity contribution in [3.05, 3.63) is 49.1 Å². The fourth-order valence-corrected chi connectivity index (χ4v) is 2.75. The average Bonchev–Trinajstić information content (AvgIpc) is 2.53. The first kappa shape index (κ1) is 19.2. The third-order valence-electron chi connectivity index (χ3n) is 4.01. The molecule has 0 aliphatic carbocycles. The van der Waals surface area contributed by atoms with E-state index in [9.17, 15) is 18.3 Å². The number of rotatable bonds is 5. The van der Waals surface area contributed by atoms with E-state index in [1.165, 1.54) is 7.11 Å². The molecular formula is C18H20F3N2O2. The molecule has 1 unspecified atom stereocenters. The maximum absolute atomic E-state index is 13.0. The lowest BCUT2D eigenvalue weighted by Crippen LogP contribution is -2.46. The summed E-state index contributed by atoms with van der Waals surface area (Å²) < 4.78 is 44.4. The summed E-state index contributed by atoms with van der Waals surface area (Å²) >= 11 is 0. The summed E-state index contributed by atoms with van der Waals surface area (Å²) in [6, 6.07) is 6.73. The summed E-state index contributed by atoms with van der Waals surface area (Å²) in [5.74, 6) is 0.866. The zero-order chi connectivity index (χ0) is 18.9. The molecule has 1 atom stereocenters. The number of aromatic nitrogens is 2. The van der Waals surface area contributed by atoms with Crippen LogP contribution in [0.4, 0.5) is 13.2 Å². The first-order chi connectivity index (χ1) is 11.5. The maximum Gasteiger partial charge on any atom is 0.417 e.